The van der Waals surface area contributed by atoms with Gasteiger partial charge in [-0.1, -0.05) is 27.7 Å². The zero-order valence-corrected chi connectivity index (χ0v) is 20.3. The maximum Gasteiger partial charge on any atom is 0.471 e. The average Bonchev–Trinajstić information content (AvgIpc) is 3.32. The number of nitriles is 1. The van der Waals surface area contributed by atoms with Crippen LogP contribution in [0.5, 0.6) is 0 Å². The summed E-state index contributed by atoms with van der Waals surface area (Å²) in [5, 5.41) is 16.8. The maximum atomic E-state index is 13.5. The van der Waals surface area contributed by atoms with Gasteiger partial charge in [0.05, 0.1) is 6.07 Å². The average molecular weight is 500 g/mol. The minimum atomic E-state index is -5.16. The number of hydrogen-bond donors (Lipinski definition) is 3. The topological polar surface area (TPSA) is 131 Å². The molecule has 0 unspecified atom stereocenters. The number of carbonyl (C=O) groups is 4. The standard InChI is InChI=1S/C23H32F3N5O4/c1-12-11-28-17(32)14(12)9-13(10-27)29-18(33)16-22(5-6-22)7-8-31(16)19(34)15(21(2,3)4)30-20(35)23(24,25)26/h12-16H,5-9,11H2,1-4H3,(H,28,32)(H,29,33)(H,30,35)/t12-,13-,14+,15+,16+/m0/s1. The van der Waals surface area contributed by atoms with Crippen molar-refractivity contribution in [3.05, 3.63) is 0 Å². The molecule has 2 saturated heterocycles. The van der Waals surface area contributed by atoms with Crippen LogP contribution >= 0.6 is 0 Å². The van der Waals surface area contributed by atoms with Gasteiger partial charge in [-0.2, -0.15) is 18.4 Å². The van der Waals surface area contributed by atoms with E-state index in [2.05, 4.69) is 10.6 Å². The van der Waals surface area contributed by atoms with Gasteiger partial charge in [0.1, 0.15) is 18.1 Å². The van der Waals surface area contributed by atoms with Gasteiger partial charge in [0, 0.05) is 24.4 Å². The van der Waals surface area contributed by atoms with Gasteiger partial charge in [0.25, 0.3) is 0 Å². The molecule has 9 nitrogen and oxygen atoms in total. The van der Waals surface area contributed by atoms with E-state index in [1.54, 1.807) is 0 Å². The summed E-state index contributed by atoms with van der Waals surface area (Å²) in [6, 6.07) is -1.42. The molecule has 1 spiro atoms. The number of hydrogen-bond acceptors (Lipinski definition) is 5. The van der Waals surface area contributed by atoms with Crippen LogP contribution in [0, 0.1) is 34.0 Å². The fourth-order valence-corrected chi connectivity index (χ4v) is 5.09. The first-order valence-corrected chi connectivity index (χ1v) is 11.8. The van der Waals surface area contributed by atoms with Crippen molar-refractivity contribution in [2.24, 2.45) is 22.7 Å². The summed E-state index contributed by atoms with van der Waals surface area (Å²) in [5.74, 6) is -4.17. The van der Waals surface area contributed by atoms with E-state index in [9.17, 15) is 37.6 Å². The number of halogens is 3. The highest BCUT2D eigenvalue weighted by Gasteiger charge is 2.61. The summed E-state index contributed by atoms with van der Waals surface area (Å²) in [6.07, 6.45) is -3.20. The number of amides is 4. The highest BCUT2D eigenvalue weighted by molar-refractivity contribution is 5.95. The van der Waals surface area contributed by atoms with Crippen LogP contribution in [0.1, 0.15) is 53.4 Å². The monoisotopic (exact) mass is 499 g/mol. The molecule has 2 aliphatic heterocycles. The highest BCUT2D eigenvalue weighted by atomic mass is 19.4. The van der Waals surface area contributed by atoms with E-state index in [0.29, 0.717) is 25.8 Å². The van der Waals surface area contributed by atoms with Crippen LogP contribution in [0.15, 0.2) is 0 Å². The van der Waals surface area contributed by atoms with E-state index in [1.165, 1.54) is 25.7 Å². The van der Waals surface area contributed by atoms with Crippen LogP contribution in [0.25, 0.3) is 0 Å². The number of nitrogens with one attached hydrogen (secondary N) is 3. The van der Waals surface area contributed by atoms with Crippen LogP contribution in [-0.2, 0) is 19.2 Å². The quantitative estimate of drug-likeness (QED) is 0.506. The lowest BCUT2D eigenvalue weighted by molar-refractivity contribution is -0.176. The molecule has 1 aliphatic carbocycles. The van der Waals surface area contributed by atoms with Gasteiger partial charge in [0.15, 0.2) is 0 Å². The van der Waals surface area contributed by atoms with E-state index < -0.39 is 58.8 Å². The molecule has 194 valence electrons. The van der Waals surface area contributed by atoms with Crippen molar-refractivity contribution in [3.8, 4) is 6.07 Å². The maximum absolute atomic E-state index is 13.5. The first-order chi connectivity index (χ1) is 16.1. The van der Waals surface area contributed by atoms with Crippen molar-refractivity contribution in [2.45, 2.75) is 77.7 Å². The van der Waals surface area contributed by atoms with Gasteiger partial charge in [0.2, 0.25) is 17.7 Å². The number of nitrogens with zero attached hydrogens (tertiary/aromatic N) is 2. The molecule has 0 bridgehead atoms. The lowest BCUT2D eigenvalue weighted by Gasteiger charge is -2.36. The molecule has 5 atom stereocenters. The smallest absolute Gasteiger partial charge is 0.356 e. The number of rotatable bonds is 6. The zero-order valence-electron chi connectivity index (χ0n) is 20.3. The Morgan fingerprint density at radius 1 is 1.20 bits per heavy atom. The van der Waals surface area contributed by atoms with Crippen molar-refractivity contribution in [1.82, 2.24) is 20.9 Å². The Labute approximate surface area is 202 Å². The molecule has 0 aromatic carbocycles. The number of alkyl halides is 3. The zero-order chi connectivity index (χ0) is 26.3. The molecule has 4 amide bonds. The van der Waals surface area contributed by atoms with Crippen LogP contribution in [-0.4, -0.2) is 65.9 Å². The minimum Gasteiger partial charge on any atom is -0.356 e. The van der Waals surface area contributed by atoms with E-state index in [1.807, 2.05) is 18.3 Å². The molecule has 1 saturated carbocycles. The molecule has 0 radical (unpaired) electrons. The van der Waals surface area contributed by atoms with E-state index in [-0.39, 0.29) is 24.8 Å². The van der Waals surface area contributed by atoms with Gasteiger partial charge in [-0.15, -0.1) is 0 Å². The normalized spacial score (nSPS) is 27.1. The van der Waals surface area contributed by atoms with E-state index >= 15 is 0 Å². The Bertz CT molecular complexity index is 935. The minimum absolute atomic E-state index is 0.000582. The van der Waals surface area contributed by atoms with Crippen LogP contribution in [0.3, 0.4) is 0 Å². The van der Waals surface area contributed by atoms with Crippen molar-refractivity contribution in [1.29, 1.82) is 5.26 Å². The van der Waals surface area contributed by atoms with Crippen LogP contribution in [0.4, 0.5) is 13.2 Å². The third kappa shape index (κ3) is 5.54. The van der Waals surface area contributed by atoms with Gasteiger partial charge >= 0.3 is 12.1 Å². The van der Waals surface area contributed by atoms with Crippen LogP contribution in [0.2, 0.25) is 0 Å². The SMILES string of the molecule is C[C@H]1CNC(=O)[C@@H]1C[C@@H](C#N)NC(=O)[C@H]1N(C(=O)[C@@H](NC(=O)C(F)(F)F)C(C)(C)C)CCC12CC2. The summed E-state index contributed by atoms with van der Waals surface area (Å²) >= 11 is 0. The molecular formula is C23H32F3N5O4. The van der Waals surface area contributed by atoms with Crippen molar-refractivity contribution in [3.63, 3.8) is 0 Å². The third-order valence-electron chi connectivity index (χ3n) is 7.40. The predicted molar refractivity (Wildman–Crippen MR) is 117 cm³/mol. The van der Waals surface area contributed by atoms with Crippen molar-refractivity contribution < 1.29 is 32.3 Å². The third-order valence-corrected chi connectivity index (χ3v) is 7.40. The predicted octanol–water partition coefficient (Wildman–Crippen LogP) is 1.24. The van der Waals surface area contributed by atoms with Crippen LogP contribution < -0.4 is 16.0 Å². The molecule has 35 heavy (non-hydrogen) atoms. The van der Waals surface area contributed by atoms with Gasteiger partial charge in [-0.05, 0) is 37.0 Å². The van der Waals surface area contributed by atoms with Gasteiger partial charge in [-0.3, -0.25) is 19.2 Å². The second-order valence-electron chi connectivity index (χ2n) is 11.1. The molecule has 3 fully saturated rings. The van der Waals surface area contributed by atoms with Gasteiger partial charge < -0.3 is 20.9 Å². The summed E-state index contributed by atoms with van der Waals surface area (Å²) in [6.45, 7) is 7.11. The molecule has 2 heterocycles. The molecule has 12 heteroatoms. The Hall–Kier alpha value is -2.84. The van der Waals surface area contributed by atoms with Gasteiger partial charge in [-0.25, -0.2) is 0 Å². The lowest BCUT2D eigenvalue weighted by atomic mass is 9.85. The molecule has 3 N–H and O–H groups in total. The molecule has 3 aliphatic rings. The van der Waals surface area contributed by atoms with Crippen molar-refractivity contribution in [2.75, 3.05) is 13.1 Å². The lowest BCUT2D eigenvalue weighted by Crippen LogP contribution is -2.60. The van der Waals surface area contributed by atoms with E-state index in [0.717, 1.165) is 0 Å². The largest absolute Gasteiger partial charge is 0.471 e. The summed E-state index contributed by atoms with van der Waals surface area (Å²) in [7, 11) is 0. The Morgan fingerprint density at radius 2 is 1.83 bits per heavy atom. The second-order valence-corrected chi connectivity index (χ2v) is 11.1. The fraction of sp³-hybridized carbons (Fsp3) is 0.783. The first-order valence-electron chi connectivity index (χ1n) is 11.8. The fourth-order valence-electron chi connectivity index (χ4n) is 5.09. The summed E-state index contributed by atoms with van der Waals surface area (Å²) in [5.41, 5.74) is -1.55. The summed E-state index contributed by atoms with van der Waals surface area (Å²) < 4.78 is 38.8. The molecule has 0 aromatic heterocycles. The summed E-state index contributed by atoms with van der Waals surface area (Å²) in [4.78, 5) is 51.7. The van der Waals surface area contributed by atoms with Crippen molar-refractivity contribution >= 4 is 23.6 Å². The highest BCUT2D eigenvalue weighted by Crippen LogP contribution is 2.57. The Kier molecular flexibility index (Phi) is 7.12. The van der Waals surface area contributed by atoms with E-state index in [4.69, 9.17) is 0 Å². The molecule has 0 aromatic rings. The second kappa shape index (κ2) is 9.32. The molecular weight excluding hydrogens is 467 g/mol. The Morgan fingerprint density at radius 3 is 2.29 bits per heavy atom. The Balaban J connectivity index is 1.79. The first kappa shape index (κ1) is 26.8. The number of likely N-dealkylation sites (tertiary alicyclic amines) is 1. The molecule has 3 rings (SSSR count). The number of carbonyl (C=O) groups excluding carboxylic acids is 4.